The first-order valence-electron chi connectivity index (χ1n) is 8.67. The van der Waals surface area contributed by atoms with E-state index < -0.39 is 0 Å². The molecule has 5 heteroatoms. The van der Waals surface area contributed by atoms with Crippen molar-refractivity contribution in [2.45, 2.75) is 33.2 Å². The van der Waals surface area contributed by atoms with E-state index in [0.717, 1.165) is 35.9 Å². The lowest BCUT2D eigenvalue weighted by atomic mass is 10.1. The minimum Gasteiger partial charge on any atom is -0.350 e. The Bertz CT molecular complexity index is 805. The summed E-state index contributed by atoms with van der Waals surface area (Å²) in [5.74, 6) is 1.69. The summed E-state index contributed by atoms with van der Waals surface area (Å²) < 4.78 is 0. The molecule has 0 amide bonds. The molecule has 3 heterocycles. The van der Waals surface area contributed by atoms with E-state index >= 15 is 0 Å². The van der Waals surface area contributed by atoms with Gasteiger partial charge in [-0.15, -0.1) is 0 Å². The topological polar surface area (TPSA) is 54.8 Å². The number of aromatic nitrogens is 4. The van der Waals surface area contributed by atoms with Gasteiger partial charge in [0.05, 0.1) is 6.04 Å². The molecule has 0 aliphatic rings. The van der Waals surface area contributed by atoms with Gasteiger partial charge in [0, 0.05) is 48.7 Å². The summed E-state index contributed by atoms with van der Waals surface area (Å²) in [5.41, 5.74) is 3.19. The third-order valence-corrected chi connectivity index (χ3v) is 4.34. The molecule has 0 radical (unpaired) electrons. The third-order valence-electron chi connectivity index (χ3n) is 4.34. The van der Waals surface area contributed by atoms with Crippen molar-refractivity contribution in [3.8, 4) is 11.4 Å². The molecule has 0 bridgehead atoms. The molecule has 25 heavy (non-hydrogen) atoms. The lowest BCUT2D eigenvalue weighted by molar-refractivity contribution is 0.675. The molecule has 0 spiro atoms. The smallest absolute Gasteiger partial charge is 0.161 e. The van der Waals surface area contributed by atoms with Crippen molar-refractivity contribution in [1.82, 2.24) is 19.9 Å². The lowest BCUT2D eigenvalue weighted by Gasteiger charge is -2.29. The molecule has 3 aromatic rings. The average molecular weight is 333 g/mol. The van der Waals surface area contributed by atoms with Crippen LogP contribution in [0.15, 0.2) is 55.1 Å². The van der Waals surface area contributed by atoms with E-state index in [1.807, 2.05) is 24.4 Å². The summed E-state index contributed by atoms with van der Waals surface area (Å²) in [7, 11) is 0. The minimum absolute atomic E-state index is 0.184. The van der Waals surface area contributed by atoms with Crippen molar-refractivity contribution in [1.29, 1.82) is 0 Å². The third kappa shape index (κ3) is 3.82. The van der Waals surface area contributed by atoms with Crippen LogP contribution in [0.4, 0.5) is 5.82 Å². The number of aryl methyl sites for hydroxylation is 1. The maximum absolute atomic E-state index is 4.84. The van der Waals surface area contributed by atoms with E-state index in [9.17, 15) is 0 Å². The van der Waals surface area contributed by atoms with Gasteiger partial charge in [-0.2, -0.15) is 0 Å². The van der Waals surface area contributed by atoms with E-state index in [-0.39, 0.29) is 6.04 Å². The Morgan fingerprint density at radius 3 is 2.44 bits per heavy atom. The molecule has 0 aromatic carbocycles. The van der Waals surface area contributed by atoms with E-state index in [4.69, 9.17) is 9.97 Å². The Morgan fingerprint density at radius 2 is 1.80 bits per heavy atom. The fourth-order valence-corrected chi connectivity index (χ4v) is 2.88. The van der Waals surface area contributed by atoms with Crippen LogP contribution in [0.5, 0.6) is 0 Å². The number of hydrogen-bond acceptors (Lipinski definition) is 5. The molecular formula is C20H23N5. The molecule has 5 nitrogen and oxygen atoms in total. The number of anilines is 1. The van der Waals surface area contributed by atoms with Crippen LogP contribution in [-0.4, -0.2) is 26.5 Å². The highest BCUT2D eigenvalue weighted by atomic mass is 15.2. The van der Waals surface area contributed by atoms with E-state index in [1.54, 1.807) is 18.6 Å². The van der Waals surface area contributed by atoms with Crippen LogP contribution in [-0.2, 0) is 6.42 Å². The van der Waals surface area contributed by atoms with Gasteiger partial charge < -0.3 is 4.90 Å². The second kappa shape index (κ2) is 7.83. The van der Waals surface area contributed by atoms with Crippen LogP contribution in [0, 0.1) is 0 Å². The first kappa shape index (κ1) is 17.0. The highest BCUT2D eigenvalue weighted by molar-refractivity contribution is 5.57. The average Bonchev–Trinajstić information content (AvgIpc) is 2.69. The maximum Gasteiger partial charge on any atom is 0.161 e. The van der Waals surface area contributed by atoms with E-state index in [0.29, 0.717) is 0 Å². The van der Waals surface area contributed by atoms with Gasteiger partial charge in [-0.1, -0.05) is 13.0 Å². The van der Waals surface area contributed by atoms with Gasteiger partial charge in [0.25, 0.3) is 0 Å². The molecule has 0 saturated carbocycles. The van der Waals surface area contributed by atoms with E-state index in [2.05, 4.69) is 47.8 Å². The van der Waals surface area contributed by atoms with Gasteiger partial charge in [0.1, 0.15) is 5.82 Å². The van der Waals surface area contributed by atoms with Crippen molar-refractivity contribution in [2.24, 2.45) is 0 Å². The van der Waals surface area contributed by atoms with Gasteiger partial charge in [-0.05, 0) is 44.0 Å². The summed E-state index contributed by atoms with van der Waals surface area (Å²) in [4.78, 5) is 20.1. The first-order valence-corrected chi connectivity index (χ1v) is 8.67. The largest absolute Gasteiger partial charge is 0.350 e. The molecule has 0 N–H and O–H groups in total. The Hall–Kier alpha value is -2.82. The number of rotatable bonds is 6. The SMILES string of the molecule is CCc1cc(N(CC)C(C)c2cccnc2)nc(-c2ccncc2)n1. The number of hydrogen-bond donors (Lipinski definition) is 0. The Balaban J connectivity index is 2.02. The van der Waals surface area contributed by atoms with Crippen LogP contribution in [0.1, 0.15) is 38.1 Å². The fourth-order valence-electron chi connectivity index (χ4n) is 2.88. The molecule has 0 aliphatic heterocycles. The summed E-state index contributed by atoms with van der Waals surface area (Å²) in [6.45, 7) is 7.29. The van der Waals surface area contributed by atoms with Gasteiger partial charge in [0.15, 0.2) is 5.82 Å². The van der Waals surface area contributed by atoms with Crippen LogP contribution < -0.4 is 4.90 Å². The monoisotopic (exact) mass is 333 g/mol. The number of nitrogens with zero attached hydrogens (tertiary/aromatic N) is 5. The van der Waals surface area contributed by atoms with Crippen molar-refractivity contribution in [3.05, 3.63) is 66.4 Å². The highest BCUT2D eigenvalue weighted by Crippen LogP contribution is 2.27. The van der Waals surface area contributed by atoms with Crippen LogP contribution >= 0.6 is 0 Å². The molecule has 1 atom stereocenters. The quantitative estimate of drug-likeness (QED) is 0.680. The molecule has 3 rings (SSSR count). The molecule has 128 valence electrons. The molecule has 3 aromatic heterocycles. The molecule has 0 saturated heterocycles. The van der Waals surface area contributed by atoms with Gasteiger partial charge in [0.2, 0.25) is 0 Å². The molecule has 0 aliphatic carbocycles. The van der Waals surface area contributed by atoms with Gasteiger partial charge in [-0.3, -0.25) is 9.97 Å². The summed E-state index contributed by atoms with van der Waals surface area (Å²) >= 11 is 0. The summed E-state index contributed by atoms with van der Waals surface area (Å²) in [5, 5.41) is 0. The fraction of sp³-hybridized carbons (Fsp3) is 0.300. The molecular weight excluding hydrogens is 310 g/mol. The highest BCUT2D eigenvalue weighted by Gasteiger charge is 2.18. The molecule has 0 fully saturated rings. The second-order valence-electron chi connectivity index (χ2n) is 5.88. The zero-order valence-corrected chi connectivity index (χ0v) is 14.9. The Morgan fingerprint density at radius 1 is 1.00 bits per heavy atom. The minimum atomic E-state index is 0.184. The van der Waals surface area contributed by atoms with Crippen molar-refractivity contribution >= 4 is 5.82 Å². The zero-order valence-electron chi connectivity index (χ0n) is 14.9. The summed E-state index contributed by atoms with van der Waals surface area (Å²) in [6, 6.07) is 10.2. The Kier molecular flexibility index (Phi) is 5.33. The molecule has 1 unspecified atom stereocenters. The van der Waals surface area contributed by atoms with Crippen molar-refractivity contribution in [3.63, 3.8) is 0 Å². The predicted octanol–water partition coefficient (Wildman–Crippen LogP) is 4.08. The van der Waals surface area contributed by atoms with Crippen LogP contribution in [0.3, 0.4) is 0 Å². The van der Waals surface area contributed by atoms with Crippen molar-refractivity contribution < 1.29 is 0 Å². The predicted molar refractivity (Wildman–Crippen MR) is 100 cm³/mol. The van der Waals surface area contributed by atoms with Crippen molar-refractivity contribution in [2.75, 3.05) is 11.4 Å². The van der Waals surface area contributed by atoms with Gasteiger partial charge >= 0.3 is 0 Å². The second-order valence-corrected chi connectivity index (χ2v) is 5.88. The van der Waals surface area contributed by atoms with E-state index in [1.165, 1.54) is 5.56 Å². The lowest BCUT2D eigenvalue weighted by Crippen LogP contribution is -2.28. The standard InChI is InChI=1S/C20H23N5/c1-4-18-13-19(24-20(23-18)16-8-11-21-12-9-16)25(5-2)15(3)17-7-6-10-22-14-17/h6-15H,4-5H2,1-3H3. The zero-order chi connectivity index (χ0) is 17.6. The van der Waals surface area contributed by atoms with Gasteiger partial charge in [-0.25, -0.2) is 9.97 Å². The maximum atomic E-state index is 4.84. The normalized spacial score (nSPS) is 12.0. The first-order chi connectivity index (χ1) is 12.2. The number of pyridine rings is 2. The van der Waals surface area contributed by atoms with Crippen LogP contribution in [0.25, 0.3) is 11.4 Å². The van der Waals surface area contributed by atoms with Crippen LogP contribution in [0.2, 0.25) is 0 Å². The Labute approximate surface area is 148 Å². The summed E-state index contributed by atoms with van der Waals surface area (Å²) in [6.07, 6.45) is 8.12.